The van der Waals surface area contributed by atoms with Gasteiger partial charge in [-0.05, 0) is 37.0 Å². The molecule has 0 aromatic carbocycles. The highest BCUT2D eigenvalue weighted by molar-refractivity contribution is 5.23. The predicted octanol–water partition coefficient (Wildman–Crippen LogP) is 2.89. The zero-order valence-corrected chi connectivity index (χ0v) is 8.71. The highest BCUT2D eigenvalue weighted by Gasteiger charge is 2.37. The summed E-state index contributed by atoms with van der Waals surface area (Å²) < 4.78 is 0. The number of aliphatic hydroxyl groups excluding tert-OH is 1. The smallest absolute Gasteiger partial charge is 0.0724 e. The average Bonchev–Trinajstić information content (AvgIpc) is 2.08. The summed E-state index contributed by atoms with van der Waals surface area (Å²) in [6, 6.07) is 0. The second-order valence-corrected chi connectivity index (χ2v) is 5.08. The quantitative estimate of drug-likeness (QED) is 0.568. The molecule has 0 spiro atoms. The van der Waals surface area contributed by atoms with E-state index in [-0.39, 0.29) is 6.10 Å². The number of hydrogen-bond donors (Lipinski definition) is 1. The Morgan fingerprint density at radius 2 is 2.15 bits per heavy atom. The van der Waals surface area contributed by atoms with Gasteiger partial charge in [-0.15, -0.1) is 0 Å². The van der Waals surface area contributed by atoms with Crippen LogP contribution < -0.4 is 0 Å². The first-order chi connectivity index (χ1) is 6.12. The zero-order valence-electron chi connectivity index (χ0n) is 8.71. The second-order valence-electron chi connectivity index (χ2n) is 5.08. The van der Waals surface area contributed by atoms with Gasteiger partial charge in [-0.3, -0.25) is 0 Å². The second kappa shape index (κ2) is 3.13. The Kier molecular flexibility index (Phi) is 2.23. The standard InChI is InChI=1S/C12H20O/c1-9-4-3-6-12(2)7-5-10(13)8-11(9)12/h8-10,13H,3-7H2,1-2H3/t9?,10-,12+/m1/s1. The number of rotatable bonds is 0. The van der Waals surface area contributed by atoms with Crippen LogP contribution in [-0.4, -0.2) is 11.2 Å². The van der Waals surface area contributed by atoms with E-state index in [4.69, 9.17) is 0 Å². The minimum absolute atomic E-state index is 0.163. The van der Waals surface area contributed by atoms with Gasteiger partial charge in [0.15, 0.2) is 0 Å². The summed E-state index contributed by atoms with van der Waals surface area (Å²) in [6.45, 7) is 4.68. The Hall–Kier alpha value is -0.300. The highest BCUT2D eigenvalue weighted by atomic mass is 16.3. The highest BCUT2D eigenvalue weighted by Crippen LogP contribution is 2.49. The van der Waals surface area contributed by atoms with Crippen LogP contribution in [0.5, 0.6) is 0 Å². The van der Waals surface area contributed by atoms with Crippen molar-refractivity contribution in [3.8, 4) is 0 Å². The van der Waals surface area contributed by atoms with E-state index in [9.17, 15) is 5.11 Å². The van der Waals surface area contributed by atoms with Gasteiger partial charge in [0.25, 0.3) is 0 Å². The molecule has 13 heavy (non-hydrogen) atoms. The van der Waals surface area contributed by atoms with Crippen LogP contribution in [0.2, 0.25) is 0 Å². The van der Waals surface area contributed by atoms with Crippen LogP contribution in [0, 0.1) is 11.3 Å². The molecule has 1 N–H and O–H groups in total. The maximum atomic E-state index is 9.60. The third kappa shape index (κ3) is 1.54. The van der Waals surface area contributed by atoms with Crippen molar-refractivity contribution in [3.63, 3.8) is 0 Å². The molecular formula is C12H20O. The van der Waals surface area contributed by atoms with Gasteiger partial charge >= 0.3 is 0 Å². The summed E-state index contributed by atoms with van der Waals surface area (Å²) in [5.74, 6) is 0.702. The first-order valence-electron chi connectivity index (χ1n) is 5.52. The fraction of sp³-hybridized carbons (Fsp3) is 0.833. The Morgan fingerprint density at radius 3 is 2.92 bits per heavy atom. The molecule has 0 aromatic rings. The van der Waals surface area contributed by atoms with Crippen LogP contribution in [-0.2, 0) is 0 Å². The molecule has 0 saturated heterocycles. The Bertz CT molecular complexity index is 231. The molecule has 0 amide bonds. The van der Waals surface area contributed by atoms with Crippen LogP contribution in [0.25, 0.3) is 0 Å². The predicted molar refractivity (Wildman–Crippen MR) is 54.4 cm³/mol. The van der Waals surface area contributed by atoms with Gasteiger partial charge < -0.3 is 5.11 Å². The Morgan fingerprint density at radius 1 is 1.38 bits per heavy atom. The number of fused-ring (bicyclic) bond motifs is 1. The molecule has 74 valence electrons. The van der Waals surface area contributed by atoms with Crippen molar-refractivity contribution in [2.45, 2.75) is 52.1 Å². The largest absolute Gasteiger partial charge is 0.389 e. The number of aliphatic hydroxyl groups is 1. The van der Waals surface area contributed by atoms with Crippen LogP contribution in [0.15, 0.2) is 11.6 Å². The first kappa shape index (κ1) is 9.26. The summed E-state index contributed by atoms with van der Waals surface area (Å²) in [5, 5.41) is 9.60. The zero-order chi connectivity index (χ0) is 9.47. The summed E-state index contributed by atoms with van der Waals surface area (Å²) in [4.78, 5) is 0. The van der Waals surface area contributed by atoms with Gasteiger partial charge in [-0.1, -0.05) is 31.9 Å². The lowest BCUT2D eigenvalue weighted by Gasteiger charge is -2.43. The van der Waals surface area contributed by atoms with E-state index >= 15 is 0 Å². The summed E-state index contributed by atoms with van der Waals surface area (Å²) in [5.41, 5.74) is 1.97. The lowest BCUT2D eigenvalue weighted by Crippen LogP contribution is -2.33. The van der Waals surface area contributed by atoms with Crippen LogP contribution >= 0.6 is 0 Å². The van der Waals surface area contributed by atoms with Crippen LogP contribution in [0.1, 0.15) is 46.0 Å². The van der Waals surface area contributed by atoms with Gasteiger partial charge in [-0.2, -0.15) is 0 Å². The average molecular weight is 180 g/mol. The molecule has 2 aliphatic rings. The van der Waals surface area contributed by atoms with Crippen molar-refractivity contribution in [1.82, 2.24) is 0 Å². The third-order valence-electron chi connectivity index (χ3n) is 3.96. The van der Waals surface area contributed by atoms with Gasteiger partial charge in [0, 0.05) is 0 Å². The molecule has 1 saturated carbocycles. The monoisotopic (exact) mass is 180 g/mol. The lowest BCUT2D eigenvalue weighted by atomic mass is 9.62. The van der Waals surface area contributed by atoms with E-state index in [1.807, 2.05) is 0 Å². The van der Waals surface area contributed by atoms with Crippen molar-refractivity contribution in [2.24, 2.45) is 11.3 Å². The van der Waals surface area contributed by atoms with Crippen molar-refractivity contribution in [1.29, 1.82) is 0 Å². The third-order valence-corrected chi connectivity index (χ3v) is 3.96. The SMILES string of the molecule is CC1CCC[C@@]2(C)CC[C@@H](O)C=C12. The molecular weight excluding hydrogens is 160 g/mol. The van der Waals surface area contributed by atoms with Gasteiger partial charge in [-0.25, -0.2) is 0 Å². The summed E-state index contributed by atoms with van der Waals surface area (Å²) in [6.07, 6.45) is 8.13. The molecule has 1 nitrogen and oxygen atoms in total. The summed E-state index contributed by atoms with van der Waals surface area (Å²) >= 11 is 0. The van der Waals surface area contributed by atoms with E-state index in [1.165, 1.54) is 31.3 Å². The molecule has 1 fully saturated rings. The molecule has 0 bridgehead atoms. The van der Waals surface area contributed by atoms with Gasteiger partial charge in [0.05, 0.1) is 6.10 Å². The maximum Gasteiger partial charge on any atom is 0.0724 e. The molecule has 0 heterocycles. The Labute approximate surface area is 80.8 Å². The van der Waals surface area contributed by atoms with E-state index in [0.29, 0.717) is 11.3 Å². The normalized spacial score (nSPS) is 45.3. The van der Waals surface area contributed by atoms with Crippen molar-refractivity contribution >= 4 is 0 Å². The molecule has 3 atom stereocenters. The molecule has 1 unspecified atom stereocenters. The van der Waals surface area contributed by atoms with Crippen LogP contribution in [0.3, 0.4) is 0 Å². The minimum atomic E-state index is -0.163. The fourth-order valence-corrected chi connectivity index (χ4v) is 3.08. The van der Waals surface area contributed by atoms with Crippen molar-refractivity contribution in [3.05, 3.63) is 11.6 Å². The molecule has 2 rings (SSSR count). The lowest BCUT2D eigenvalue weighted by molar-refractivity contribution is 0.141. The molecule has 0 radical (unpaired) electrons. The molecule has 2 aliphatic carbocycles. The van der Waals surface area contributed by atoms with E-state index < -0.39 is 0 Å². The topological polar surface area (TPSA) is 20.2 Å². The Balaban J connectivity index is 2.29. The minimum Gasteiger partial charge on any atom is -0.389 e. The first-order valence-corrected chi connectivity index (χ1v) is 5.52. The van der Waals surface area contributed by atoms with Gasteiger partial charge in [0.1, 0.15) is 0 Å². The van der Waals surface area contributed by atoms with E-state index in [2.05, 4.69) is 19.9 Å². The molecule has 0 aromatic heterocycles. The van der Waals surface area contributed by atoms with Crippen LogP contribution in [0.4, 0.5) is 0 Å². The van der Waals surface area contributed by atoms with Crippen molar-refractivity contribution < 1.29 is 5.11 Å². The van der Waals surface area contributed by atoms with Crippen molar-refractivity contribution in [2.75, 3.05) is 0 Å². The fourth-order valence-electron chi connectivity index (χ4n) is 3.08. The number of hydrogen-bond acceptors (Lipinski definition) is 1. The molecule has 1 heteroatoms. The summed E-state index contributed by atoms with van der Waals surface area (Å²) in [7, 11) is 0. The van der Waals surface area contributed by atoms with E-state index in [1.54, 1.807) is 0 Å². The number of allylic oxidation sites excluding steroid dienone is 1. The molecule has 0 aliphatic heterocycles. The van der Waals surface area contributed by atoms with E-state index in [0.717, 1.165) is 6.42 Å². The van der Waals surface area contributed by atoms with Gasteiger partial charge in [0.2, 0.25) is 0 Å². The maximum absolute atomic E-state index is 9.60.